The van der Waals surface area contributed by atoms with E-state index in [9.17, 15) is 14.4 Å². The summed E-state index contributed by atoms with van der Waals surface area (Å²) in [5.41, 5.74) is 3.13. The van der Waals surface area contributed by atoms with Gasteiger partial charge in [-0.15, -0.1) is 0 Å². The van der Waals surface area contributed by atoms with E-state index in [4.69, 9.17) is 4.74 Å². The predicted octanol–water partition coefficient (Wildman–Crippen LogP) is 4.14. The first kappa shape index (κ1) is 19.6. The van der Waals surface area contributed by atoms with Gasteiger partial charge >= 0.3 is 5.97 Å². The van der Waals surface area contributed by atoms with E-state index in [0.717, 1.165) is 5.56 Å². The Hall–Kier alpha value is -2.69. The normalized spacial score (nSPS) is 13.1. The molecule has 0 saturated heterocycles. The van der Waals surface area contributed by atoms with Crippen molar-refractivity contribution in [3.8, 4) is 0 Å². The van der Waals surface area contributed by atoms with Crippen LogP contribution in [-0.2, 0) is 9.53 Å². The van der Waals surface area contributed by atoms with Crippen LogP contribution in [0.15, 0.2) is 30.3 Å². The van der Waals surface area contributed by atoms with E-state index < -0.39 is 12.1 Å². The van der Waals surface area contributed by atoms with Gasteiger partial charge in [0.25, 0.3) is 0 Å². The summed E-state index contributed by atoms with van der Waals surface area (Å²) >= 11 is 0. The quantitative estimate of drug-likeness (QED) is 0.598. The average molecular weight is 355 g/mol. The van der Waals surface area contributed by atoms with Crippen molar-refractivity contribution in [2.24, 2.45) is 0 Å². The second-order valence-electron chi connectivity index (χ2n) is 6.69. The maximum atomic E-state index is 12.6. The van der Waals surface area contributed by atoms with E-state index in [-0.39, 0.29) is 23.9 Å². The minimum absolute atomic E-state index is 0.00443. The third-order valence-electron chi connectivity index (χ3n) is 4.55. The van der Waals surface area contributed by atoms with Crippen LogP contribution in [0.4, 0.5) is 0 Å². The number of aryl methyl sites for hydroxylation is 1. The van der Waals surface area contributed by atoms with Crippen molar-refractivity contribution in [3.05, 3.63) is 58.4 Å². The summed E-state index contributed by atoms with van der Waals surface area (Å²) in [5.74, 6) is -0.852. The zero-order chi connectivity index (χ0) is 19.4. The number of hydrogen-bond donors (Lipinski definition) is 1. The van der Waals surface area contributed by atoms with Gasteiger partial charge in [0, 0.05) is 11.3 Å². The highest BCUT2D eigenvalue weighted by molar-refractivity contribution is 6.05. The first-order valence-electron chi connectivity index (χ1n) is 8.71. The van der Waals surface area contributed by atoms with Gasteiger partial charge in [0.1, 0.15) is 0 Å². The van der Waals surface area contributed by atoms with E-state index >= 15 is 0 Å². The number of benzene rings is 1. The minimum atomic E-state index is -0.915. The Morgan fingerprint density at radius 2 is 1.69 bits per heavy atom. The van der Waals surface area contributed by atoms with E-state index in [1.165, 1.54) is 6.92 Å². The van der Waals surface area contributed by atoms with Crippen molar-refractivity contribution in [2.75, 3.05) is 0 Å². The van der Waals surface area contributed by atoms with Crippen LogP contribution in [0.5, 0.6) is 0 Å². The van der Waals surface area contributed by atoms with Crippen LogP contribution in [-0.4, -0.2) is 28.6 Å². The number of carbonyl (C=O) groups excluding carboxylic acids is 3. The molecule has 0 aliphatic heterocycles. The highest BCUT2D eigenvalue weighted by Gasteiger charge is 2.26. The molecule has 1 heterocycles. The number of H-pyrrole nitrogens is 1. The Morgan fingerprint density at radius 3 is 2.23 bits per heavy atom. The van der Waals surface area contributed by atoms with Crippen LogP contribution in [0.3, 0.4) is 0 Å². The van der Waals surface area contributed by atoms with Crippen molar-refractivity contribution in [3.63, 3.8) is 0 Å². The molecule has 0 aliphatic carbocycles. The highest BCUT2D eigenvalue weighted by atomic mass is 16.5. The summed E-state index contributed by atoms with van der Waals surface area (Å²) in [7, 11) is 0. The summed E-state index contributed by atoms with van der Waals surface area (Å²) in [5, 5.41) is 0. The third kappa shape index (κ3) is 4.28. The van der Waals surface area contributed by atoms with Gasteiger partial charge < -0.3 is 9.72 Å². The molecule has 26 heavy (non-hydrogen) atoms. The smallest absolute Gasteiger partial charge is 0.307 e. The molecule has 0 amide bonds. The van der Waals surface area contributed by atoms with Gasteiger partial charge in [0.15, 0.2) is 11.9 Å². The van der Waals surface area contributed by atoms with Crippen molar-refractivity contribution in [1.29, 1.82) is 0 Å². The molecule has 0 fully saturated rings. The van der Waals surface area contributed by atoms with E-state index in [2.05, 4.69) is 4.98 Å². The molecule has 1 aromatic heterocycles. The average Bonchev–Trinajstić information content (AvgIpc) is 2.89. The molecule has 0 aliphatic rings. The molecule has 5 nitrogen and oxygen atoms in total. The summed E-state index contributed by atoms with van der Waals surface area (Å²) in [6.07, 6.45) is -0.717. The van der Waals surface area contributed by atoms with Gasteiger partial charge in [-0.1, -0.05) is 37.3 Å². The number of aromatic amines is 1. The molecule has 5 heteroatoms. The van der Waals surface area contributed by atoms with Gasteiger partial charge in [-0.05, 0) is 44.7 Å². The van der Waals surface area contributed by atoms with Crippen LogP contribution in [0.2, 0.25) is 0 Å². The first-order chi connectivity index (χ1) is 12.2. The fraction of sp³-hybridized carbons (Fsp3) is 0.381. The number of Topliss-reactive ketones (excluding diaryl/α,β-unsaturated/α-hetero) is 2. The lowest BCUT2D eigenvalue weighted by Crippen LogP contribution is -2.26. The lowest BCUT2D eigenvalue weighted by molar-refractivity contribution is -0.146. The molecule has 1 N–H and O–H groups in total. The highest BCUT2D eigenvalue weighted by Crippen LogP contribution is 2.22. The summed E-state index contributed by atoms with van der Waals surface area (Å²) in [4.78, 5) is 39.5. The van der Waals surface area contributed by atoms with Crippen molar-refractivity contribution in [1.82, 2.24) is 4.98 Å². The number of rotatable bonds is 7. The van der Waals surface area contributed by atoms with E-state index in [1.54, 1.807) is 20.8 Å². The van der Waals surface area contributed by atoms with E-state index in [1.807, 2.05) is 37.3 Å². The number of carbonyl (C=O) groups is 3. The van der Waals surface area contributed by atoms with Crippen molar-refractivity contribution >= 4 is 17.5 Å². The molecule has 138 valence electrons. The molecule has 0 bridgehead atoms. The Kier molecular flexibility index (Phi) is 6.14. The molecule has 0 saturated carbocycles. The van der Waals surface area contributed by atoms with Gasteiger partial charge in [-0.25, -0.2) is 0 Å². The number of aromatic nitrogens is 1. The van der Waals surface area contributed by atoms with Gasteiger partial charge in [-0.3, -0.25) is 14.4 Å². The van der Waals surface area contributed by atoms with Gasteiger partial charge in [0.2, 0.25) is 5.78 Å². The molecule has 1 aromatic carbocycles. The molecule has 2 aromatic rings. The standard InChI is InChI=1S/C21H25NO4/c1-12(17-9-7-6-8-10-17)11-18(24)26-16(5)21(25)20-13(2)19(15(4)23)14(3)22-20/h6-10,12,16,22H,11H2,1-5H3/t12-,16+/m1/s1. The molecule has 0 radical (unpaired) electrons. The lowest BCUT2D eigenvalue weighted by Gasteiger charge is -2.15. The molecule has 0 unspecified atom stereocenters. The van der Waals surface area contributed by atoms with Crippen molar-refractivity contribution in [2.45, 2.75) is 53.1 Å². The summed E-state index contributed by atoms with van der Waals surface area (Å²) in [6.45, 7) is 8.43. The Morgan fingerprint density at radius 1 is 1.08 bits per heavy atom. The topological polar surface area (TPSA) is 76.2 Å². The molecule has 2 rings (SSSR count). The van der Waals surface area contributed by atoms with Crippen LogP contribution in [0.25, 0.3) is 0 Å². The number of nitrogens with one attached hydrogen (secondary N) is 1. The summed E-state index contributed by atoms with van der Waals surface area (Å²) in [6, 6.07) is 9.69. The summed E-state index contributed by atoms with van der Waals surface area (Å²) < 4.78 is 5.33. The first-order valence-corrected chi connectivity index (χ1v) is 8.71. The zero-order valence-electron chi connectivity index (χ0n) is 15.9. The van der Waals surface area contributed by atoms with E-state index in [0.29, 0.717) is 22.5 Å². The monoisotopic (exact) mass is 355 g/mol. The number of esters is 1. The predicted molar refractivity (Wildman–Crippen MR) is 99.6 cm³/mol. The zero-order valence-corrected chi connectivity index (χ0v) is 15.9. The van der Waals surface area contributed by atoms with Crippen LogP contribution in [0, 0.1) is 13.8 Å². The van der Waals surface area contributed by atoms with Crippen LogP contribution < -0.4 is 0 Å². The Bertz CT molecular complexity index is 820. The fourth-order valence-corrected chi connectivity index (χ4v) is 3.18. The van der Waals surface area contributed by atoms with Gasteiger partial charge in [0.05, 0.1) is 12.1 Å². The van der Waals surface area contributed by atoms with Gasteiger partial charge in [-0.2, -0.15) is 0 Å². The maximum absolute atomic E-state index is 12.6. The number of ketones is 2. The fourth-order valence-electron chi connectivity index (χ4n) is 3.18. The lowest BCUT2D eigenvalue weighted by atomic mass is 9.98. The number of ether oxygens (including phenoxy) is 1. The van der Waals surface area contributed by atoms with Crippen molar-refractivity contribution < 1.29 is 19.1 Å². The van der Waals surface area contributed by atoms with Crippen LogP contribution in [0.1, 0.15) is 70.8 Å². The minimum Gasteiger partial charge on any atom is -0.454 e. The van der Waals surface area contributed by atoms with Crippen LogP contribution >= 0.6 is 0 Å². The third-order valence-corrected chi connectivity index (χ3v) is 4.55. The molecule has 0 spiro atoms. The largest absolute Gasteiger partial charge is 0.454 e. The maximum Gasteiger partial charge on any atom is 0.307 e. The SMILES string of the molecule is CC(=O)c1c(C)[nH]c(C(=O)[C@H](C)OC(=O)C[C@@H](C)c2ccccc2)c1C. The molecular weight excluding hydrogens is 330 g/mol. The molecular formula is C21H25NO4. The second kappa shape index (κ2) is 8.13. The number of hydrogen-bond acceptors (Lipinski definition) is 4. The molecule has 2 atom stereocenters. The Balaban J connectivity index is 2.04. The second-order valence-corrected chi connectivity index (χ2v) is 6.69. The Labute approximate surface area is 153 Å².